The monoisotopic (exact) mass is 126 g/mol. The van der Waals surface area contributed by atoms with Crippen LogP contribution in [0, 0.1) is 12.8 Å². The van der Waals surface area contributed by atoms with E-state index in [0.717, 1.165) is 12.8 Å². The van der Waals surface area contributed by atoms with E-state index in [9.17, 15) is 0 Å². The fourth-order valence-corrected chi connectivity index (χ4v) is 1.48. The van der Waals surface area contributed by atoms with Crippen molar-refractivity contribution in [2.45, 2.75) is 38.2 Å². The first-order valence-electron chi connectivity index (χ1n) is 3.74. The minimum absolute atomic E-state index is 0.388. The van der Waals surface area contributed by atoms with Crippen LogP contribution in [-0.4, -0.2) is 11.2 Å². The van der Waals surface area contributed by atoms with Crippen LogP contribution in [-0.2, 0) is 0 Å². The van der Waals surface area contributed by atoms with Gasteiger partial charge < -0.3 is 5.11 Å². The van der Waals surface area contributed by atoms with Crippen molar-refractivity contribution in [2.24, 2.45) is 5.92 Å². The maximum atomic E-state index is 8.95. The molecule has 1 rings (SSSR count). The van der Waals surface area contributed by atoms with E-state index in [1.807, 2.05) is 0 Å². The highest BCUT2D eigenvalue weighted by molar-refractivity contribution is 4.73. The third-order valence-corrected chi connectivity index (χ3v) is 2.13. The Hall–Kier alpha value is -0.0400. The molecular formula is C8H14O. The fraction of sp³-hybridized carbons (Fsp3) is 0.875. The molecule has 9 heavy (non-hydrogen) atoms. The number of aliphatic hydroxyl groups is 1. The van der Waals surface area contributed by atoms with Crippen LogP contribution in [0.5, 0.6) is 0 Å². The molecule has 1 saturated carbocycles. The lowest BCUT2D eigenvalue weighted by molar-refractivity contribution is 0.123. The third kappa shape index (κ3) is 1.98. The Bertz CT molecular complexity index is 72.6. The van der Waals surface area contributed by atoms with Gasteiger partial charge >= 0.3 is 0 Å². The minimum Gasteiger partial charge on any atom is -0.393 e. The molecule has 1 atom stereocenters. The molecule has 1 nitrogen and oxygen atoms in total. The average molecular weight is 126 g/mol. The number of hydrogen-bond acceptors (Lipinski definition) is 1. The van der Waals surface area contributed by atoms with Crippen LogP contribution in [0.4, 0.5) is 0 Å². The summed E-state index contributed by atoms with van der Waals surface area (Å²) in [7, 11) is 0. The first kappa shape index (κ1) is 7.07. The normalized spacial score (nSPS) is 26.0. The molecular weight excluding hydrogens is 112 g/mol. The summed E-state index contributed by atoms with van der Waals surface area (Å²) in [5.41, 5.74) is 0. The van der Waals surface area contributed by atoms with E-state index < -0.39 is 6.10 Å². The fourth-order valence-electron chi connectivity index (χ4n) is 1.48. The van der Waals surface area contributed by atoms with E-state index in [2.05, 4.69) is 0 Å². The lowest BCUT2D eigenvalue weighted by atomic mass is 9.86. The van der Waals surface area contributed by atoms with Crippen LogP contribution >= 0.6 is 0 Å². The van der Waals surface area contributed by atoms with E-state index in [-0.39, 0.29) is 0 Å². The van der Waals surface area contributed by atoms with E-state index >= 15 is 0 Å². The Labute approximate surface area is 57.1 Å². The zero-order valence-electron chi connectivity index (χ0n) is 5.71. The Morgan fingerprint density at radius 1 is 1.22 bits per heavy atom. The van der Waals surface area contributed by atoms with Gasteiger partial charge in [0.05, 0.1) is 6.10 Å². The molecule has 0 aromatic heterocycles. The Morgan fingerprint density at radius 2 is 1.78 bits per heavy atom. The molecule has 1 fully saturated rings. The second-order valence-corrected chi connectivity index (χ2v) is 2.89. The lowest BCUT2D eigenvalue weighted by Gasteiger charge is -2.23. The van der Waals surface area contributed by atoms with E-state index in [1.165, 1.54) is 19.3 Å². The topological polar surface area (TPSA) is 20.2 Å². The first-order valence-corrected chi connectivity index (χ1v) is 3.74. The van der Waals surface area contributed by atoms with Gasteiger partial charge in [0.15, 0.2) is 0 Å². The van der Waals surface area contributed by atoms with Crippen molar-refractivity contribution in [3.8, 4) is 0 Å². The summed E-state index contributed by atoms with van der Waals surface area (Å²) >= 11 is 0. The Morgan fingerprint density at radius 3 is 2.11 bits per heavy atom. The summed E-state index contributed by atoms with van der Waals surface area (Å²) in [6, 6.07) is 0. The summed E-state index contributed by atoms with van der Waals surface area (Å²) in [6.07, 6.45) is 5.50. The molecule has 1 aliphatic carbocycles. The number of rotatable bonds is 1. The standard InChI is InChI=1S/C8H14O/c1-7(9)8-5-3-2-4-6-8/h1,7-9H,2-6H2. The minimum atomic E-state index is -0.565. The molecule has 0 aromatic rings. The molecule has 0 bridgehead atoms. The Balaban J connectivity index is 2.23. The van der Waals surface area contributed by atoms with Gasteiger partial charge in [-0.25, -0.2) is 0 Å². The third-order valence-electron chi connectivity index (χ3n) is 2.13. The lowest BCUT2D eigenvalue weighted by Crippen LogP contribution is -2.19. The summed E-state index contributed by atoms with van der Waals surface area (Å²) < 4.78 is 0. The molecule has 0 amide bonds. The predicted molar refractivity (Wildman–Crippen MR) is 36.9 cm³/mol. The van der Waals surface area contributed by atoms with Gasteiger partial charge in [-0.05, 0) is 25.7 Å². The van der Waals surface area contributed by atoms with Crippen molar-refractivity contribution < 1.29 is 5.11 Å². The predicted octanol–water partition coefficient (Wildman–Crippen LogP) is 1.64. The van der Waals surface area contributed by atoms with E-state index in [1.54, 1.807) is 0 Å². The van der Waals surface area contributed by atoms with Gasteiger partial charge in [-0.3, -0.25) is 0 Å². The SMILES string of the molecule is [CH]C(O)C1CCCCC1. The van der Waals surface area contributed by atoms with Crippen molar-refractivity contribution >= 4 is 0 Å². The van der Waals surface area contributed by atoms with Crippen molar-refractivity contribution in [2.75, 3.05) is 0 Å². The van der Waals surface area contributed by atoms with Gasteiger partial charge in [0.2, 0.25) is 0 Å². The average Bonchev–Trinajstić information content (AvgIpc) is 1.90. The van der Waals surface area contributed by atoms with Crippen molar-refractivity contribution in [1.29, 1.82) is 0 Å². The van der Waals surface area contributed by atoms with Gasteiger partial charge in [-0.15, -0.1) is 0 Å². The second-order valence-electron chi connectivity index (χ2n) is 2.89. The summed E-state index contributed by atoms with van der Waals surface area (Å²) in [5, 5.41) is 8.95. The maximum Gasteiger partial charge on any atom is 0.0604 e. The molecule has 1 heteroatoms. The van der Waals surface area contributed by atoms with E-state index in [0.29, 0.717) is 5.92 Å². The van der Waals surface area contributed by atoms with Crippen LogP contribution in [0.15, 0.2) is 0 Å². The van der Waals surface area contributed by atoms with Crippen molar-refractivity contribution in [3.63, 3.8) is 0 Å². The van der Waals surface area contributed by atoms with Gasteiger partial charge in [-0.2, -0.15) is 0 Å². The molecule has 0 spiro atoms. The molecule has 0 saturated heterocycles. The summed E-state index contributed by atoms with van der Waals surface area (Å²) in [6.45, 7) is 5.32. The van der Waals surface area contributed by atoms with Crippen molar-refractivity contribution in [1.82, 2.24) is 0 Å². The zero-order chi connectivity index (χ0) is 6.69. The van der Waals surface area contributed by atoms with Crippen LogP contribution < -0.4 is 0 Å². The van der Waals surface area contributed by atoms with Crippen LogP contribution in [0.3, 0.4) is 0 Å². The molecule has 52 valence electrons. The molecule has 0 heterocycles. The molecule has 1 aliphatic rings. The van der Waals surface area contributed by atoms with Crippen LogP contribution in [0.1, 0.15) is 32.1 Å². The van der Waals surface area contributed by atoms with Gasteiger partial charge in [0, 0.05) is 0 Å². The van der Waals surface area contributed by atoms with Gasteiger partial charge in [0.1, 0.15) is 0 Å². The highest BCUT2D eigenvalue weighted by atomic mass is 16.3. The maximum absolute atomic E-state index is 8.95. The summed E-state index contributed by atoms with van der Waals surface area (Å²) in [5.74, 6) is 0.388. The molecule has 1 unspecified atom stereocenters. The largest absolute Gasteiger partial charge is 0.393 e. The highest BCUT2D eigenvalue weighted by Crippen LogP contribution is 2.25. The molecule has 0 aliphatic heterocycles. The number of hydrogen-bond donors (Lipinski definition) is 1. The first-order chi connectivity index (χ1) is 4.30. The van der Waals surface area contributed by atoms with E-state index in [4.69, 9.17) is 12.0 Å². The van der Waals surface area contributed by atoms with Gasteiger partial charge in [-0.1, -0.05) is 19.3 Å². The summed E-state index contributed by atoms with van der Waals surface area (Å²) in [4.78, 5) is 0. The zero-order valence-corrected chi connectivity index (χ0v) is 5.71. The number of aliphatic hydroxyl groups excluding tert-OH is 1. The smallest absolute Gasteiger partial charge is 0.0604 e. The van der Waals surface area contributed by atoms with Crippen LogP contribution in [0.2, 0.25) is 0 Å². The molecule has 1 N–H and O–H groups in total. The van der Waals surface area contributed by atoms with Crippen LogP contribution in [0.25, 0.3) is 0 Å². The molecule has 0 aromatic carbocycles. The van der Waals surface area contributed by atoms with Crippen molar-refractivity contribution in [3.05, 3.63) is 6.92 Å². The Kier molecular flexibility index (Phi) is 2.52. The second kappa shape index (κ2) is 3.21. The quantitative estimate of drug-likeness (QED) is 0.566. The highest BCUT2D eigenvalue weighted by Gasteiger charge is 2.17. The molecule has 2 radical (unpaired) electrons. The van der Waals surface area contributed by atoms with Gasteiger partial charge in [0.25, 0.3) is 0 Å².